The minimum Gasteiger partial charge on any atom is -0.486 e. The fourth-order valence-electron chi connectivity index (χ4n) is 3.84. The quantitative estimate of drug-likeness (QED) is 0.499. The number of para-hydroxylation sites is 1. The van der Waals surface area contributed by atoms with Crippen molar-refractivity contribution in [1.82, 2.24) is 4.90 Å². The minimum absolute atomic E-state index is 0.0999. The molecule has 0 fully saturated rings. The van der Waals surface area contributed by atoms with E-state index in [0.717, 1.165) is 28.2 Å². The molecule has 0 saturated carbocycles. The van der Waals surface area contributed by atoms with Gasteiger partial charge in [0.05, 0.1) is 19.6 Å². The van der Waals surface area contributed by atoms with Crippen LogP contribution in [0.3, 0.4) is 0 Å². The Kier molecular flexibility index (Phi) is 7.82. The molecule has 8 heteroatoms. The van der Waals surface area contributed by atoms with Gasteiger partial charge in [0.15, 0.2) is 11.5 Å². The molecule has 34 heavy (non-hydrogen) atoms. The van der Waals surface area contributed by atoms with Gasteiger partial charge in [0.25, 0.3) is 0 Å². The number of carbonyl (C=O) groups excluding carboxylic acids is 2. The van der Waals surface area contributed by atoms with E-state index in [1.54, 1.807) is 28.2 Å². The molecule has 2 heterocycles. The number of amides is 2. The van der Waals surface area contributed by atoms with E-state index in [4.69, 9.17) is 9.47 Å². The maximum absolute atomic E-state index is 13.4. The summed E-state index contributed by atoms with van der Waals surface area (Å²) in [7, 11) is 1.77. The third-order valence-corrected chi connectivity index (χ3v) is 6.38. The van der Waals surface area contributed by atoms with E-state index in [1.165, 1.54) is 0 Å². The van der Waals surface area contributed by atoms with Crippen LogP contribution in [0.5, 0.6) is 11.5 Å². The van der Waals surface area contributed by atoms with Crippen LogP contribution >= 0.6 is 11.3 Å². The van der Waals surface area contributed by atoms with E-state index >= 15 is 0 Å². The number of nitrogens with zero attached hydrogens (tertiary/aromatic N) is 2. The summed E-state index contributed by atoms with van der Waals surface area (Å²) in [5.74, 6) is 1.06. The fourth-order valence-corrected chi connectivity index (χ4v) is 4.53. The van der Waals surface area contributed by atoms with Gasteiger partial charge in [-0.1, -0.05) is 31.2 Å². The lowest BCUT2D eigenvalue weighted by Crippen LogP contribution is -2.41. The Morgan fingerprint density at radius 1 is 1.00 bits per heavy atom. The van der Waals surface area contributed by atoms with Gasteiger partial charge in [-0.3, -0.25) is 14.5 Å². The number of carbonyl (C=O) groups is 2. The Morgan fingerprint density at radius 2 is 1.79 bits per heavy atom. The number of nitrogens with one attached hydrogen (secondary N) is 1. The Labute approximate surface area is 203 Å². The van der Waals surface area contributed by atoms with Crippen LogP contribution in [0.4, 0.5) is 11.4 Å². The summed E-state index contributed by atoms with van der Waals surface area (Å²) in [6.45, 7) is 3.70. The molecule has 0 aliphatic carbocycles. The van der Waals surface area contributed by atoms with Gasteiger partial charge >= 0.3 is 0 Å². The SMILES string of the molecule is CCc1ccccc1NC(=O)CN(C)CC(=O)N(Cc1cccs1)c1ccc2c(c1)OCCO2. The number of likely N-dealkylation sites (N-methyl/N-ethyl adjacent to an activating group) is 1. The number of hydrogen-bond acceptors (Lipinski definition) is 6. The molecule has 0 bridgehead atoms. The molecule has 3 aromatic rings. The van der Waals surface area contributed by atoms with Crippen LogP contribution in [0, 0.1) is 0 Å². The summed E-state index contributed by atoms with van der Waals surface area (Å²) in [6.07, 6.45) is 0.831. The lowest BCUT2D eigenvalue weighted by atomic mass is 10.1. The van der Waals surface area contributed by atoms with E-state index in [0.29, 0.717) is 31.3 Å². The van der Waals surface area contributed by atoms with E-state index < -0.39 is 0 Å². The average Bonchev–Trinajstić information content (AvgIpc) is 3.35. The molecule has 2 aromatic carbocycles. The third-order valence-electron chi connectivity index (χ3n) is 5.52. The zero-order valence-electron chi connectivity index (χ0n) is 19.5. The topological polar surface area (TPSA) is 71.1 Å². The first-order chi connectivity index (χ1) is 16.5. The molecular weight excluding hydrogens is 450 g/mol. The number of hydrogen-bond donors (Lipinski definition) is 1. The maximum atomic E-state index is 13.4. The zero-order valence-corrected chi connectivity index (χ0v) is 20.3. The summed E-state index contributed by atoms with van der Waals surface area (Å²) < 4.78 is 11.3. The van der Waals surface area contributed by atoms with Gasteiger partial charge in [-0.15, -0.1) is 11.3 Å². The summed E-state index contributed by atoms with van der Waals surface area (Å²) >= 11 is 1.60. The molecule has 7 nitrogen and oxygen atoms in total. The molecule has 1 aliphatic rings. The number of anilines is 2. The summed E-state index contributed by atoms with van der Waals surface area (Å²) in [6, 6.07) is 17.3. The third kappa shape index (κ3) is 5.95. The molecule has 2 amide bonds. The predicted octanol–water partition coefficient (Wildman–Crippen LogP) is 4.19. The van der Waals surface area contributed by atoms with Crippen LogP contribution in [-0.4, -0.2) is 50.1 Å². The fraction of sp³-hybridized carbons (Fsp3) is 0.308. The zero-order chi connectivity index (χ0) is 23.9. The molecule has 0 saturated heterocycles. The molecule has 0 unspecified atom stereocenters. The van der Waals surface area contributed by atoms with Crippen molar-refractivity contribution < 1.29 is 19.1 Å². The highest BCUT2D eigenvalue weighted by Gasteiger charge is 2.22. The van der Waals surface area contributed by atoms with Crippen LogP contribution in [0.25, 0.3) is 0 Å². The molecular formula is C26H29N3O4S. The Morgan fingerprint density at radius 3 is 2.56 bits per heavy atom. The molecule has 178 valence electrons. The van der Waals surface area contributed by atoms with E-state index in [2.05, 4.69) is 12.2 Å². The summed E-state index contributed by atoms with van der Waals surface area (Å²) in [5, 5.41) is 4.96. The van der Waals surface area contributed by atoms with Crippen molar-refractivity contribution in [1.29, 1.82) is 0 Å². The molecule has 1 aromatic heterocycles. The first-order valence-corrected chi connectivity index (χ1v) is 12.2. The van der Waals surface area contributed by atoms with Gasteiger partial charge in [0.1, 0.15) is 13.2 Å². The number of rotatable bonds is 9. The molecule has 1 N–H and O–H groups in total. The van der Waals surface area contributed by atoms with Crippen molar-refractivity contribution >= 4 is 34.5 Å². The first-order valence-electron chi connectivity index (χ1n) is 11.3. The average molecular weight is 480 g/mol. The van der Waals surface area contributed by atoms with Crippen LogP contribution in [0.1, 0.15) is 17.4 Å². The second kappa shape index (κ2) is 11.2. The van der Waals surface area contributed by atoms with E-state index in [1.807, 2.05) is 60.0 Å². The number of ether oxygens (including phenoxy) is 2. The molecule has 4 rings (SSSR count). The van der Waals surface area contributed by atoms with Crippen LogP contribution < -0.4 is 19.7 Å². The maximum Gasteiger partial charge on any atom is 0.241 e. The lowest BCUT2D eigenvalue weighted by Gasteiger charge is -2.27. The van der Waals surface area contributed by atoms with Gasteiger partial charge in [0, 0.05) is 22.3 Å². The molecule has 1 aliphatic heterocycles. The second-order valence-electron chi connectivity index (χ2n) is 8.12. The highest BCUT2D eigenvalue weighted by atomic mass is 32.1. The number of benzene rings is 2. The molecule has 0 atom stereocenters. The summed E-state index contributed by atoms with van der Waals surface area (Å²) in [5.41, 5.74) is 2.62. The van der Waals surface area contributed by atoms with Gasteiger partial charge in [-0.25, -0.2) is 0 Å². The Balaban J connectivity index is 1.44. The standard InChI is InChI=1S/C26H29N3O4S/c1-3-19-7-4-5-9-22(19)27-25(30)17-28(2)18-26(31)29(16-21-8-6-14-34-21)20-10-11-23-24(15-20)33-13-12-32-23/h4-11,14-15H,3,12-13,16-18H2,1-2H3,(H,27,30). The molecule has 0 spiro atoms. The van der Waals surface area contributed by atoms with Crippen LogP contribution in [-0.2, 0) is 22.6 Å². The van der Waals surface area contributed by atoms with Gasteiger partial charge in [0.2, 0.25) is 11.8 Å². The Hall–Kier alpha value is -3.36. The Bertz CT molecular complexity index is 1130. The highest BCUT2D eigenvalue weighted by Crippen LogP contribution is 2.34. The smallest absolute Gasteiger partial charge is 0.241 e. The number of fused-ring (bicyclic) bond motifs is 1. The van der Waals surface area contributed by atoms with Crippen LogP contribution in [0.15, 0.2) is 60.0 Å². The normalized spacial score (nSPS) is 12.4. The monoisotopic (exact) mass is 479 g/mol. The largest absolute Gasteiger partial charge is 0.486 e. The second-order valence-corrected chi connectivity index (χ2v) is 9.15. The minimum atomic E-state index is -0.152. The van der Waals surface area contributed by atoms with Crippen molar-refractivity contribution in [3.63, 3.8) is 0 Å². The lowest BCUT2D eigenvalue weighted by molar-refractivity contribution is -0.121. The van der Waals surface area contributed by atoms with E-state index in [-0.39, 0.29) is 24.9 Å². The molecule has 0 radical (unpaired) electrons. The van der Waals surface area contributed by atoms with Crippen molar-refractivity contribution in [3.8, 4) is 11.5 Å². The number of thiophene rings is 1. The number of aryl methyl sites for hydroxylation is 1. The van der Waals surface area contributed by atoms with Crippen molar-refractivity contribution in [3.05, 3.63) is 70.4 Å². The first kappa shape index (κ1) is 23.8. The van der Waals surface area contributed by atoms with Crippen molar-refractivity contribution in [2.75, 3.05) is 43.6 Å². The predicted molar refractivity (Wildman–Crippen MR) is 135 cm³/mol. The van der Waals surface area contributed by atoms with Crippen molar-refractivity contribution in [2.24, 2.45) is 0 Å². The highest BCUT2D eigenvalue weighted by molar-refractivity contribution is 7.09. The summed E-state index contributed by atoms with van der Waals surface area (Å²) in [4.78, 5) is 30.5. The van der Waals surface area contributed by atoms with Crippen molar-refractivity contribution in [2.45, 2.75) is 19.9 Å². The van der Waals surface area contributed by atoms with Gasteiger partial charge < -0.3 is 19.7 Å². The van der Waals surface area contributed by atoms with E-state index in [9.17, 15) is 9.59 Å². The van der Waals surface area contributed by atoms with Gasteiger partial charge in [-0.05, 0) is 48.7 Å². The van der Waals surface area contributed by atoms with Gasteiger partial charge in [-0.2, -0.15) is 0 Å². The van der Waals surface area contributed by atoms with Crippen LogP contribution in [0.2, 0.25) is 0 Å².